The molecule has 0 atom stereocenters. The fourth-order valence-electron chi connectivity index (χ4n) is 2.06. The standard InChI is InChI=1S/C17H13F3N4OS/c1-24-9-8-21-16(24)26-13-5-3-12(4-6-13)23-15(25)11-2-7-14(22-10-11)17(18,19)20/h2-10H,1H3,(H,23,25). The lowest BCUT2D eigenvalue weighted by molar-refractivity contribution is -0.141. The van der Waals surface area contributed by atoms with Crippen molar-refractivity contribution in [2.45, 2.75) is 16.2 Å². The van der Waals surface area contributed by atoms with Crippen molar-refractivity contribution in [3.05, 3.63) is 66.2 Å². The van der Waals surface area contributed by atoms with Crippen LogP contribution in [0.15, 0.2) is 65.0 Å². The van der Waals surface area contributed by atoms with E-state index in [9.17, 15) is 18.0 Å². The number of imidazole rings is 1. The molecule has 1 amide bonds. The Morgan fingerprint density at radius 2 is 1.85 bits per heavy atom. The summed E-state index contributed by atoms with van der Waals surface area (Å²) in [6.45, 7) is 0. The highest BCUT2D eigenvalue weighted by atomic mass is 32.2. The molecule has 3 aromatic rings. The van der Waals surface area contributed by atoms with E-state index in [2.05, 4.69) is 15.3 Å². The third-order valence-corrected chi connectivity index (χ3v) is 4.50. The summed E-state index contributed by atoms with van der Waals surface area (Å²) in [4.78, 5) is 20.5. The monoisotopic (exact) mass is 378 g/mol. The van der Waals surface area contributed by atoms with E-state index < -0.39 is 17.8 Å². The van der Waals surface area contributed by atoms with E-state index in [1.807, 2.05) is 29.9 Å². The van der Waals surface area contributed by atoms with Gasteiger partial charge in [-0.2, -0.15) is 13.2 Å². The van der Waals surface area contributed by atoms with Gasteiger partial charge < -0.3 is 9.88 Å². The molecule has 134 valence electrons. The molecule has 26 heavy (non-hydrogen) atoms. The lowest BCUT2D eigenvalue weighted by Gasteiger charge is -2.08. The van der Waals surface area contributed by atoms with Crippen LogP contribution >= 0.6 is 11.8 Å². The molecule has 1 N–H and O–H groups in total. The number of halogens is 3. The van der Waals surface area contributed by atoms with E-state index in [0.29, 0.717) is 5.69 Å². The van der Waals surface area contributed by atoms with Gasteiger partial charge in [0, 0.05) is 36.2 Å². The fraction of sp³-hybridized carbons (Fsp3) is 0.118. The average molecular weight is 378 g/mol. The van der Waals surface area contributed by atoms with Gasteiger partial charge in [-0.15, -0.1) is 0 Å². The zero-order chi connectivity index (χ0) is 18.7. The first-order chi connectivity index (χ1) is 12.3. The molecule has 0 aliphatic heterocycles. The minimum absolute atomic E-state index is 0.0458. The van der Waals surface area contributed by atoms with Crippen LogP contribution in [0.3, 0.4) is 0 Å². The number of aryl methyl sites for hydroxylation is 1. The SMILES string of the molecule is Cn1ccnc1Sc1ccc(NC(=O)c2ccc(C(F)(F)F)nc2)cc1. The molecule has 5 nitrogen and oxygen atoms in total. The molecule has 0 unspecified atom stereocenters. The molecule has 9 heteroatoms. The van der Waals surface area contributed by atoms with E-state index in [-0.39, 0.29) is 5.56 Å². The number of hydrogen-bond donors (Lipinski definition) is 1. The number of rotatable bonds is 4. The fourth-order valence-corrected chi connectivity index (χ4v) is 2.86. The topological polar surface area (TPSA) is 59.8 Å². The molecule has 0 aliphatic carbocycles. The van der Waals surface area contributed by atoms with Crippen molar-refractivity contribution in [3.8, 4) is 0 Å². The first-order valence-corrected chi connectivity index (χ1v) is 8.24. The molecule has 0 saturated heterocycles. The van der Waals surface area contributed by atoms with Gasteiger partial charge in [-0.25, -0.2) is 4.98 Å². The van der Waals surface area contributed by atoms with Crippen LogP contribution in [0.2, 0.25) is 0 Å². The van der Waals surface area contributed by atoms with E-state index in [1.165, 1.54) is 11.8 Å². The minimum Gasteiger partial charge on any atom is -0.329 e. The number of anilines is 1. The van der Waals surface area contributed by atoms with Crippen molar-refractivity contribution in [2.75, 3.05) is 5.32 Å². The van der Waals surface area contributed by atoms with Crippen molar-refractivity contribution < 1.29 is 18.0 Å². The quantitative estimate of drug-likeness (QED) is 0.738. The van der Waals surface area contributed by atoms with Gasteiger partial charge >= 0.3 is 6.18 Å². The van der Waals surface area contributed by atoms with Crippen LogP contribution in [0, 0.1) is 0 Å². The number of hydrogen-bond acceptors (Lipinski definition) is 4. The summed E-state index contributed by atoms with van der Waals surface area (Å²) in [7, 11) is 1.89. The van der Waals surface area contributed by atoms with E-state index in [4.69, 9.17) is 0 Å². The molecule has 0 aliphatic rings. The molecular weight excluding hydrogens is 365 g/mol. The number of amides is 1. The van der Waals surface area contributed by atoms with Crippen LogP contribution in [-0.2, 0) is 13.2 Å². The van der Waals surface area contributed by atoms with Crippen LogP contribution in [0.1, 0.15) is 16.1 Å². The first kappa shape index (κ1) is 18.0. The second-order valence-electron chi connectivity index (χ2n) is 5.33. The molecule has 2 heterocycles. The number of aromatic nitrogens is 3. The zero-order valence-electron chi connectivity index (χ0n) is 13.5. The van der Waals surface area contributed by atoms with E-state index in [1.54, 1.807) is 18.3 Å². The molecule has 3 rings (SSSR count). The second kappa shape index (κ2) is 7.20. The van der Waals surface area contributed by atoms with E-state index >= 15 is 0 Å². The number of carbonyl (C=O) groups is 1. The molecular formula is C17H13F3N4OS. The van der Waals surface area contributed by atoms with Crippen LogP contribution < -0.4 is 5.32 Å². The Bertz CT molecular complexity index is 905. The Labute approximate surface area is 151 Å². The van der Waals surface area contributed by atoms with Gasteiger partial charge in [0.1, 0.15) is 5.69 Å². The number of nitrogens with zero attached hydrogens (tertiary/aromatic N) is 3. The highest BCUT2D eigenvalue weighted by molar-refractivity contribution is 7.99. The summed E-state index contributed by atoms with van der Waals surface area (Å²) in [5, 5.41) is 3.45. The molecule has 2 aromatic heterocycles. The lowest BCUT2D eigenvalue weighted by atomic mass is 10.2. The Hall–Kier alpha value is -2.81. The molecule has 0 radical (unpaired) electrons. The van der Waals surface area contributed by atoms with Crippen molar-refractivity contribution in [1.29, 1.82) is 0 Å². The molecule has 1 aromatic carbocycles. The van der Waals surface area contributed by atoms with Crippen LogP contribution in [-0.4, -0.2) is 20.4 Å². The maximum Gasteiger partial charge on any atom is 0.433 e. The highest BCUT2D eigenvalue weighted by Crippen LogP contribution is 2.28. The number of carbonyl (C=O) groups excluding carboxylic acids is 1. The largest absolute Gasteiger partial charge is 0.433 e. The lowest BCUT2D eigenvalue weighted by Crippen LogP contribution is -2.14. The van der Waals surface area contributed by atoms with Crippen molar-refractivity contribution in [2.24, 2.45) is 7.05 Å². The smallest absolute Gasteiger partial charge is 0.329 e. The number of benzene rings is 1. The summed E-state index contributed by atoms with van der Waals surface area (Å²) in [5.74, 6) is -0.532. The molecule has 0 bridgehead atoms. The number of nitrogens with one attached hydrogen (secondary N) is 1. The van der Waals surface area contributed by atoms with Gasteiger partial charge in [-0.05, 0) is 36.4 Å². The first-order valence-electron chi connectivity index (χ1n) is 7.43. The predicted molar refractivity (Wildman–Crippen MR) is 91.0 cm³/mol. The third-order valence-electron chi connectivity index (χ3n) is 3.41. The van der Waals surface area contributed by atoms with Gasteiger partial charge in [-0.1, -0.05) is 11.8 Å². The average Bonchev–Trinajstić information content (AvgIpc) is 3.01. The van der Waals surface area contributed by atoms with Gasteiger partial charge in [0.15, 0.2) is 5.16 Å². The minimum atomic E-state index is -4.53. The van der Waals surface area contributed by atoms with Gasteiger partial charge in [0.2, 0.25) is 0 Å². The summed E-state index contributed by atoms with van der Waals surface area (Å²) >= 11 is 1.47. The predicted octanol–water partition coefficient (Wildman–Crippen LogP) is 4.24. The van der Waals surface area contributed by atoms with Crippen molar-refractivity contribution in [1.82, 2.24) is 14.5 Å². The number of alkyl halides is 3. The Balaban J connectivity index is 1.65. The van der Waals surface area contributed by atoms with Crippen LogP contribution in [0.5, 0.6) is 0 Å². The Kier molecular flexibility index (Phi) is 4.99. The van der Waals surface area contributed by atoms with Crippen molar-refractivity contribution in [3.63, 3.8) is 0 Å². The zero-order valence-corrected chi connectivity index (χ0v) is 14.3. The maximum absolute atomic E-state index is 12.5. The van der Waals surface area contributed by atoms with Gasteiger partial charge in [-0.3, -0.25) is 9.78 Å². The number of pyridine rings is 1. The Morgan fingerprint density at radius 1 is 1.12 bits per heavy atom. The molecule has 0 fully saturated rings. The van der Waals surface area contributed by atoms with Crippen molar-refractivity contribution >= 4 is 23.4 Å². The summed E-state index contributed by atoms with van der Waals surface area (Å²) in [5.41, 5.74) is -0.465. The summed E-state index contributed by atoms with van der Waals surface area (Å²) < 4.78 is 39.4. The Morgan fingerprint density at radius 3 is 2.38 bits per heavy atom. The normalized spacial score (nSPS) is 11.4. The highest BCUT2D eigenvalue weighted by Gasteiger charge is 2.32. The van der Waals surface area contributed by atoms with Gasteiger partial charge in [0.05, 0.1) is 5.56 Å². The third kappa shape index (κ3) is 4.23. The molecule has 0 spiro atoms. The van der Waals surface area contributed by atoms with Crippen LogP contribution in [0.25, 0.3) is 0 Å². The van der Waals surface area contributed by atoms with Crippen LogP contribution in [0.4, 0.5) is 18.9 Å². The summed E-state index contributed by atoms with van der Waals surface area (Å²) in [6.07, 6.45) is -0.0802. The van der Waals surface area contributed by atoms with E-state index in [0.717, 1.165) is 28.4 Å². The second-order valence-corrected chi connectivity index (χ2v) is 6.37. The summed E-state index contributed by atoms with van der Waals surface area (Å²) in [6, 6.07) is 8.93. The molecule has 0 saturated carbocycles. The maximum atomic E-state index is 12.5. The van der Waals surface area contributed by atoms with Gasteiger partial charge in [0.25, 0.3) is 5.91 Å².